The normalized spacial score (nSPS) is 26.9. The highest BCUT2D eigenvalue weighted by atomic mass is 14.8. The average Bonchev–Trinajstić information content (AvgIpc) is 2.50. The van der Waals surface area contributed by atoms with Gasteiger partial charge < -0.3 is 5.32 Å². The first-order valence-electron chi connectivity index (χ1n) is 9.98. The van der Waals surface area contributed by atoms with Crippen LogP contribution in [0.15, 0.2) is 11.6 Å². The lowest BCUT2D eigenvalue weighted by Crippen LogP contribution is -2.23. The Balaban J connectivity index is 2.60. The molecule has 3 unspecified atom stereocenters. The van der Waals surface area contributed by atoms with Crippen LogP contribution in [0.4, 0.5) is 0 Å². The summed E-state index contributed by atoms with van der Waals surface area (Å²) < 4.78 is 0. The maximum Gasteiger partial charge on any atom is -0.00463 e. The van der Waals surface area contributed by atoms with Gasteiger partial charge in [0.25, 0.3) is 0 Å². The fourth-order valence-corrected chi connectivity index (χ4v) is 4.08. The lowest BCUT2D eigenvalue weighted by atomic mass is 9.81. The van der Waals surface area contributed by atoms with Gasteiger partial charge in [-0.15, -0.1) is 0 Å². The van der Waals surface area contributed by atoms with Gasteiger partial charge in [-0.2, -0.15) is 0 Å². The van der Waals surface area contributed by atoms with Gasteiger partial charge >= 0.3 is 0 Å². The predicted octanol–water partition coefficient (Wildman–Crippen LogP) is 6.20. The summed E-state index contributed by atoms with van der Waals surface area (Å²) >= 11 is 0. The molecule has 3 atom stereocenters. The van der Waals surface area contributed by atoms with Crippen LogP contribution in [0.2, 0.25) is 0 Å². The van der Waals surface area contributed by atoms with E-state index in [9.17, 15) is 0 Å². The van der Waals surface area contributed by atoms with E-state index in [2.05, 4.69) is 46.0 Å². The number of rotatable bonds is 6. The van der Waals surface area contributed by atoms with Crippen molar-refractivity contribution >= 4 is 0 Å². The van der Waals surface area contributed by atoms with E-state index in [-0.39, 0.29) is 0 Å². The molecule has 1 heteroatoms. The zero-order valence-corrected chi connectivity index (χ0v) is 16.0. The first-order valence-corrected chi connectivity index (χ1v) is 9.98. The van der Waals surface area contributed by atoms with Crippen molar-refractivity contribution in [2.24, 2.45) is 23.7 Å². The highest BCUT2D eigenvalue weighted by Gasteiger charge is 2.18. The minimum Gasteiger partial charge on any atom is -0.317 e. The van der Waals surface area contributed by atoms with E-state index in [1.807, 2.05) is 0 Å². The van der Waals surface area contributed by atoms with Gasteiger partial charge in [-0.05, 0) is 68.9 Å². The van der Waals surface area contributed by atoms with Crippen LogP contribution in [-0.2, 0) is 0 Å². The van der Waals surface area contributed by atoms with Crippen molar-refractivity contribution in [1.82, 2.24) is 5.32 Å². The fraction of sp³-hybridized carbons (Fsp3) is 0.905. The molecule has 0 amide bonds. The molecule has 0 aromatic carbocycles. The Bertz CT molecular complexity index is 305. The molecule has 0 aromatic rings. The van der Waals surface area contributed by atoms with Gasteiger partial charge in [-0.3, -0.25) is 0 Å². The lowest BCUT2D eigenvalue weighted by molar-refractivity contribution is 0.280. The molecule has 0 saturated carbocycles. The standard InChI is InChI=1S/C21H41N/c1-6-19-10-8-9-12-22-13-11-20(16-19)14-18(5)15-21(7-2)17(3)4/h15,17-20,22H,6-14,16H2,1-5H3. The van der Waals surface area contributed by atoms with Crippen LogP contribution in [0.5, 0.6) is 0 Å². The number of nitrogens with one attached hydrogen (secondary N) is 1. The van der Waals surface area contributed by atoms with Crippen molar-refractivity contribution in [3.8, 4) is 0 Å². The third-order valence-electron chi connectivity index (χ3n) is 5.54. The van der Waals surface area contributed by atoms with Crippen LogP contribution in [0, 0.1) is 23.7 Å². The molecule has 0 aliphatic carbocycles. The van der Waals surface area contributed by atoms with Gasteiger partial charge in [-0.25, -0.2) is 0 Å². The van der Waals surface area contributed by atoms with Crippen LogP contribution in [0.25, 0.3) is 0 Å². The second-order valence-corrected chi connectivity index (χ2v) is 7.87. The van der Waals surface area contributed by atoms with Gasteiger partial charge in [0.15, 0.2) is 0 Å². The third-order valence-corrected chi connectivity index (χ3v) is 5.54. The monoisotopic (exact) mass is 307 g/mol. The van der Waals surface area contributed by atoms with E-state index in [1.54, 1.807) is 5.57 Å². The molecule has 22 heavy (non-hydrogen) atoms. The van der Waals surface area contributed by atoms with Gasteiger partial charge in [0.05, 0.1) is 0 Å². The smallest absolute Gasteiger partial charge is 0.00463 e. The number of hydrogen-bond donors (Lipinski definition) is 1. The molecular weight excluding hydrogens is 266 g/mol. The summed E-state index contributed by atoms with van der Waals surface area (Å²) in [5.41, 5.74) is 1.65. The predicted molar refractivity (Wildman–Crippen MR) is 100 cm³/mol. The highest BCUT2D eigenvalue weighted by Crippen LogP contribution is 2.30. The van der Waals surface area contributed by atoms with Gasteiger partial charge in [0.2, 0.25) is 0 Å². The zero-order valence-electron chi connectivity index (χ0n) is 16.0. The highest BCUT2D eigenvalue weighted by molar-refractivity contribution is 5.06. The van der Waals surface area contributed by atoms with E-state index in [0.717, 1.165) is 17.8 Å². The molecule has 0 radical (unpaired) electrons. The second-order valence-electron chi connectivity index (χ2n) is 7.87. The van der Waals surface area contributed by atoms with Crippen molar-refractivity contribution in [2.75, 3.05) is 13.1 Å². The van der Waals surface area contributed by atoms with Gasteiger partial charge in [0.1, 0.15) is 0 Å². The summed E-state index contributed by atoms with van der Waals surface area (Å²) in [6.45, 7) is 14.3. The van der Waals surface area contributed by atoms with E-state index in [0.29, 0.717) is 5.92 Å². The molecule has 0 bridgehead atoms. The van der Waals surface area contributed by atoms with Gasteiger partial charge in [0, 0.05) is 0 Å². The molecular formula is C21H41N. The second kappa shape index (κ2) is 11.3. The van der Waals surface area contributed by atoms with Gasteiger partial charge in [-0.1, -0.05) is 65.5 Å². The minimum atomic E-state index is 0.710. The van der Waals surface area contributed by atoms with Crippen LogP contribution in [0.3, 0.4) is 0 Å². The summed E-state index contributed by atoms with van der Waals surface area (Å²) in [4.78, 5) is 0. The lowest BCUT2D eigenvalue weighted by Gasteiger charge is -2.26. The molecule has 0 spiro atoms. The average molecular weight is 308 g/mol. The number of allylic oxidation sites excluding steroid dienone is 2. The molecule has 1 heterocycles. The first-order chi connectivity index (χ1) is 10.6. The SMILES string of the molecule is CCC(=CC(C)CC1CCNCCCCC(CC)C1)C(C)C. The van der Waals surface area contributed by atoms with Crippen LogP contribution in [0.1, 0.15) is 86.0 Å². The van der Waals surface area contributed by atoms with E-state index >= 15 is 0 Å². The molecule has 1 fully saturated rings. The molecule has 1 aliphatic heterocycles. The Hall–Kier alpha value is -0.300. The minimum absolute atomic E-state index is 0.710. The summed E-state index contributed by atoms with van der Waals surface area (Å²) in [7, 11) is 0. The van der Waals surface area contributed by atoms with E-state index < -0.39 is 0 Å². The first kappa shape index (κ1) is 19.7. The molecule has 0 aromatic heterocycles. The van der Waals surface area contributed by atoms with Crippen molar-refractivity contribution in [3.05, 3.63) is 11.6 Å². The summed E-state index contributed by atoms with van der Waals surface area (Å²) in [5, 5.41) is 3.65. The van der Waals surface area contributed by atoms with E-state index in [1.165, 1.54) is 64.5 Å². The third kappa shape index (κ3) is 7.81. The Kier molecular flexibility index (Phi) is 10.1. The molecule has 1 N–H and O–H groups in total. The van der Waals surface area contributed by atoms with Crippen LogP contribution < -0.4 is 5.32 Å². The molecule has 130 valence electrons. The van der Waals surface area contributed by atoms with Crippen LogP contribution >= 0.6 is 0 Å². The largest absolute Gasteiger partial charge is 0.317 e. The maximum absolute atomic E-state index is 3.65. The number of hydrogen-bond acceptors (Lipinski definition) is 1. The van der Waals surface area contributed by atoms with Crippen molar-refractivity contribution in [3.63, 3.8) is 0 Å². The van der Waals surface area contributed by atoms with Crippen molar-refractivity contribution in [1.29, 1.82) is 0 Å². The van der Waals surface area contributed by atoms with E-state index in [4.69, 9.17) is 0 Å². The summed E-state index contributed by atoms with van der Waals surface area (Å²) in [5.74, 6) is 3.33. The summed E-state index contributed by atoms with van der Waals surface area (Å²) in [6.07, 6.45) is 13.6. The molecule has 1 rings (SSSR count). The Labute approximate surface area is 140 Å². The maximum atomic E-state index is 3.65. The van der Waals surface area contributed by atoms with Crippen LogP contribution in [-0.4, -0.2) is 13.1 Å². The molecule has 1 aliphatic rings. The fourth-order valence-electron chi connectivity index (χ4n) is 4.08. The zero-order chi connectivity index (χ0) is 16.4. The molecule has 1 saturated heterocycles. The Morgan fingerprint density at radius 3 is 2.45 bits per heavy atom. The topological polar surface area (TPSA) is 12.0 Å². The summed E-state index contributed by atoms with van der Waals surface area (Å²) in [6, 6.07) is 0. The van der Waals surface area contributed by atoms with Crippen molar-refractivity contribution in [2.45, 2.75) is 86.0 Å². The van der Waals surface area contributed by atoms with Crippen molar-refractivity contribution < 1.29 is 0 Å². The Morgan fingerprint density at radius 2 is 1.82 bits per heavy atom. The Morgan fingerprint density at radius 1 is 1.05 bits per heavy atom. The molecule has 1 nitrogen and oxygen atoms in total. The quantitative estimate of drug-likeness (QED) is 0.576.